The minimum Gasteiger partial charge on any atom is -0.251 e. The summed E-state index contributed by atoms with van der Waals surface area (Å²) >= 11 is 12.3. The second-order valence-corrected chi connectivity index (χ2v) is 6.29. The van der Waals surface area contributed by atoms with E-state index in [0.29, 0.717) is 22.0 Å². The first-order valence-electron chi connectivity index (χ1n) is 5.99. The minimum atomic E-state index is -0.107. The van der Waals surface area contributed by atoms with Crippen LogP contribution in [-0.2, 0) is 11.8 Å². The third-order valence-electron chi connectivity index (χ3n) is 3.00. The third-order valence-corrected chi connectivity index (χ3v) is 3.79. The number of rotatable bonds is 1. The van der Waals surface area contributed by atoms with Crippen LogP contribution in [0, 0.1) is 11.3 Å². The van der Waals surface area contributed by atoms with Gasteiger partial charge in [-0.15, -0.1) is 0 Å². The molecular weight excluding hydrogens is 279 g/mol. The molecule has 0 saturated heterocycles. The molecule has 2 rings (SSSR count). The molecule has 0 aliphatic carbocycles. The van der Waals surface area contributed by atoms with Crippen molar-refractivity contribution in [2.24, 2.45) is 0 Å². The Balaban J connectivity index is 2.85. The van der Waals surface area contributed by atoms with Crippen LogP contribution < -0.4 is 0 Å². The number of pyridine rings is 1. The van der Waals surface area contributed by atoms with Crippen LogP contribution in [0.25, 0.3) is 10.9 Å². The van der Waals surface area contributed by atoms with Crippen molar-refractivity contribution in [2.45, 2.75) is 32.6 Å². The zero-order valence-electron chi connectivity index (χ0n) is 11.1. The van der Waals surface area contributed by atoms with Gasteiger partial charge in [0, 0.05) is 16.5 Å². The van der Waals surface area contributed by atoms with Crippen molar-refractivity contribution in [3.63, 3.8) is 0 Å². The first-order valence-corrected chi connectivity index (χ1v) is 6.75. The van der Waals surface area contributed by atoms with E-state index >= 15 is 0 Å². The first-order chi connectivity index (χ1) is 8.84. The van der Waals surface area contributed by atoms with Gasteiger partial charge in [0.25, 0.3) is 0 Å². The SMILES string of the molecule is CC(C)(C)c1cc(CC#N)c2ccc(Cl)c(Cl)c2n1. The van der Waals surface area contributed by atoms with E-state index < -0.39 is 0 Å². The Morgan fingerprint density at radius 1 is 1.26 bits per heavy atom. The van der Waals surface area contributed by atoms with E-state index in [4.69, 9.17) is 28.5 Å². The van der Waals surface area contributed by atoms with Gasteiger partial charge < -0.3 is 0 Å². The fraction of sp³-hybridized carbons (Fsp3) is 0.333. The highest BCUT2D eigenvalue weighted by molar-refractivity contribution is 6.45. The predicted octanol–water partition coefficient (Wildman–Crippen LogP) is 4.91. The summed E-state index contributed by atoms with van der Waals surface area (Å²) in [5.41, 5.74) is 2.42. The van der Waals surface area contributed by atoms with E-state index in [2.05, 4.69) is 31.8 Å². The molecule has 98 valence electrons. The van der Waals surface area contributed by atoms with Crippen LogP contribution in [0.5, 0.6) is 0 Å². The van der Waals surface area contributed by atoms with Crippen molar-refractivity contribution in [1.82, 2.24) is 4.98 Å². The summed E-state index contributed by atoms with van der Waals surface area (Å²) in [4.78, 5) is 4.62. The summed E-state index contributed by atoms with van der Waals surface area (Å²) in [6.07, 6.45) is 0.333. The lowest BCUT2D eigenvalue weighted by molar-refractivity contribution is 0.571. The molecule has 0 aliphatic rings. The molecular formula is C15H14Cl2N2. The largest absolute Gasteiger partial charge is 0.251 e. The normalized spacial score (nSPS) is 11.6. The van der Waals surface area contributed by atoms with Crippen molar-refractivity contribution < 1.29 is 0 Å². The number of nitrogens with zero attached hydrogens (tertiary/aromatic N) is 2. The minimum absolute atomic E-state index is 0.107. The monoisotopic (exact) mass is 292 g/mol. The Morgan fingerprint density at radius 3 is 2.53 bits per heavy atom. The summed E-state index contributed by atoms with van der Waals surface area (Å²) in [7, 11) is 0. The van der Waals surface area contributed by atoms with Gasteiger partial charge in [0.05, 0.1) is 28.1 Å². The predicted molar refractivity (Wildman–Crippen MR) is 79.8 cm³/mol. The lowest BCUT2D eigenvalue weighted by atomic mass is 9.89. The number of benzene rings is 1. The maximum atomic E-state index is 8.97. The smallest absolute Gasteiger partial charge is 0.0910 e. The van der Waals surface area contributed by atoms with Gasteiger partial charge in [-0.25, -0.2) is 0 Å². The van der Waals surface area contributed by atoms with Crippen molar-refractivity contribution in [2.75, 3.05) is 0 Å². The molecule has 1 aromatic carbocycles. The number of fused-ring (bicyclic) bond motifs is 1. The number of aromatic nitrogens is 1. The van der Waals surface area contributed by atoms with Crippen LogP contribution in [0.1, 0.15) is 32.0 Å². The van der Waals surface area contributed by atoms with Gasteiger partial charge in [0.2, 0.25) is 0 Å². The molecule has 0 saturated carbocycles. The van der Waals surface area contributed by atoms with Crippen molar-refractivity contribution in [3.8, 4) is 6.07 Å². The Labute approximate surface area is 123 Å². The molecule has 4 heteroatoms. The molecule has 2 aromatic rings. The summed E-state index contributed by atoms with van der Waals surface area (Å²) in [5, 5.41) is 10.8. The van der Waals surface area contributed by atoms with Crippen LogP contribution in [0.2, 0.25) is 10.0 Å². The molecule has 0 amide bonds. The quantitative estimate of drug-likeness (QED) is 0.749. The Morgan fingerprint density at radius 2 is 1.95 bits per heavy atom. The van der Waals surface area contributed by atoms with Gasteiger partial charge in [-0.3, -0.25) is 4.98 Å². The van der Waals surface area contributed by atoms with Gasteiger partial charge >= 0.3 is 0 Å². The van der Waals surface area contributed by atoms with Crippen molar-refractivity contribution in [3.05, 3.63) is 39.5 Å². The highest BCUT2D eigenvalue weighted by Crippen LogP contribution is 2.33. The van der Waals surface area contributed by atoms with Crippen molar-refractivity contribution in [1.29, 1.82) is 5.26 Å². The summed E-state index contributed by atoms with van der Waals surface area (Å²) in [6, 6.07) is 7.78. The van der Waals surface area contributed by atoms with Gasteiger partial charge in [0.15, 0.2) is 0 Å². The van der Waals surface area contributed by atoms with Crippen LogP contribution >= 0.6 is 23.2 Å². The van der Waals surface area contributed by atoms with E-state index in [1.807, 2.05) is 12.1 Å². The zero-order valence-corrected chi connectivity index (χ0v) is 12.6. The fourth-order valence-electron chi connectivity index (χ4n) is 1.92. The third kappa shape index (κ3) is 2.68. The molecule has 0 unspecified atom stereocenters. The van der Waals surface area contributed by atoms with Gasteiger partial charge in [-0.1, -0.05) is 50.0 Å². The average Bonchev–Trinajstić information content (AvgIpc) is 2.33. The zero-order chi connectivity index (χ0) is 14.2. The molecule has 0 fully saturated rings. The van der Waals surface area contributed by atoms with Gasteiger partial charge in [0.1, 0.15) is 0 Å². The molecule has 0 aliphatic heterocycles. The van der Waals surface area contributed by atoms with E-state index in [9.17, 15) is 0 Å². The number of hydrogen-bond acceptors (Lipinski definition) is 2. The molecule has 0 atom stereocenters. The van der Waals surface area contributed by atoms with E-state index in [0.717, 1.165) is 16.6 Å². The maximum absolute atomic E-state index is 8.97. The van der Waals surface area contributed by atoms with Crippen molar-refractivity contribution >= 4 is 34.1 Å². The highest BCUT2D eigenvalue weighted by atomic mass is 35.5. The van der Waals surface area contributed by atoms with Gasteiger partial charge in [-0.05, 0) is 17.7 Å². The fourth-order valence-corrected chi connectivity index (χ4v) is 2.28. The lowest BCUT2D eigenvalue weighted by Crippen LogP contribution is -2.14. The standard InChI is InChI=1S/C15H14Cl2N2/c1-15(2,3)12-8-9(6-7-18)10-4-5-11(16)13(17)14(10)19-12/h4-5,8H,6H2,1-3H3. The molecule has 2 nitrogen and oxygen atoms in total. The highest BCUT2D eigenvalue weighted by Gasteiger charge is 2.19. The van der Waals surface area contributed by atoms with Crippen LogP contribution in [0.4, 0.5) is 0 Å². The molecule has 0 N–H and O–H groups in total. The molecule has 1 heterocycles. The first kappa shape index (κ1) is 14.1. The molecule has 0 spiro atoms. The second kappa shape index (κ2) is 5.00. The molecule has 19 heavy (non-hydrogen) atoms. The van der Waals surface area contributed by atoms with E-state index in [-0.39, 0.29) is 5.41 Å². The van der Waals surface area contributed by atoms with E-state index in [1.165, 1.54) is 0 Å². The number of halogens is 2. The summed E-state index contributed by atoms with van der Waals surface area (Å²) < 4.78 is 0. The van der Waals surface area contributed by atoms with Crippen LogP contribution in [-0.4, -0.2) is 4.98 Å². The van der Waals surface area contributed by atoms with Gasteiger partial charge in [-0.2, -0.15) is 5.26 Å². The van der Waals surface area contributed by atoms with E-state index in [1.54, 1.807) is 6.07 Å². The number of nitriles is 1. The summed E-state index contributed by atoms with van der Waals surface area (Å²) in [5.74, 6) is 0. The Bertz CT molecular complexity index is 679. The lowest BCUT2D eigenvalue weighted by Gasteiger charge is -2.20. The van der Waals surface area contributed by atoms with Crippen LogP contribution in [0.3, 0.4) is 0 Å². The topological polar surface area (TPSA) is 36.7 Å². The molecule has 0 bridgehead atoms. The number of hydrogen-bond donors (Lipinski definition) is 0. The second-order valence-electron chi connectivity index (χ2n) is 5.51. The molecule has 0 radical (unpaired) electrons. The molecule has 1 aromatic heterocycles. The van der Waals surface area contributed by atoms with Crippen LogP contribution in [0.15, 0.2) is 18.2 Å². The summed E-state index contributed by atoms with van der Waals surface area (Å²) in [6.45, 7) is 6.24. The maximum Gasteiger partial charge on any atom is 0.0910 e. The average molecular weight is 293 g/mol. The Hall–Kier alpha value is -1.30. The Kier molecular flexibility index (Phi) is 3.71.